The summed E-state index contributed by atoms with van der Waals surface area (Å²) in [6.07, 6.45) is 0.981. The smallest absolute Gasteiger partial charge is 0.309 e. The van der Waals surface area contributed by atoms with Crippen LogP contribution >= 0.6 is 0 Å². The number of nitrogens with zero attached hydrogens (tertiary/aromatic N) is 1. The number of anilines is 1. The molecule has 1 N–H and O–H groups in total. The van der Waals surface area contributed by atoms with Crippen LogP contribution in [-0.4, -0.2) is 56.7 Å². The fourth-order valence-electron chi connectivity index (χ4n) is 2.79. The highest BCUT2D eigenvalue weighted by Gasteiger charge is 2.31. The monoisotopic (exact) mass is 398 g/mol. The molecule has 1 atom stereocenters. The highest BCUT2D eigenvalue weighted by Crippen LogP contribution is 2.21. The summed E-state index contributed by atoms with van der Waals surface area (Å²) in [5, 5.41) is 2.69. The summed E-state index contributed by atoms with van der Waals surface area (Å²) in [6, 6.07) is 6.90. The van der Waals surface area contributed by atoms with Crippen molar-refractivity contribution in [1.82, 2.24) is 4.31 Å². The number of hydrogen-bond donors (Lipinski definition) is 1. The number of ether oxygens (including phenoxy) is 2. The molecule has 0 bridgehead atoms. The second-order valence-electron chi connectivity index (χ2n) is 6.46. The van der Waals surface area contributed by atoms with E-state index >= 15 is 0 Å². The molecule has 1 aliphatic rings. The Morgan fingerprint density at radius 2 is 1.81 bits per heavy atom. The molecule has 1 heterocycles. The van der Waals surface area contributed by atoms with Crippen molar-refractivity contribution in [2.24, 2.45) is 5.92 Å². The van der Waals surface area contributed by atoms with Gasteiger partial charge in [0.25, 0.3) is 5.91 Å². The predicted molar refractivity (Wildman–Crippen MR) is 101 cm³/mol. The SMILES string of the molecule is CCOc1ccc(NC(=O)C(C)OC(=O)C2CCN(S(C)(=O)=O)CC2)cc1. The summed E-state index contributed by atoms with van der Waals surface area (Å²) in [5.41, 5.74) is 0.577. The van der Waals surface area contributed by atoms with Gasteiger partial charge in [0.2, 0.25) is 10.0 Å². The molecule has 9 heteroatoms. The summed E-state index contributed by atoms with van der Waals surface area (Å²) in [4.78, 5) is 24.5. The number of esters is 1. The Labute approximate surface area is 159 Å². The Kier molecular flexibility index (Phi) is 7.20. The van der Waals surface area contributed by atoms with Crippen LogP contribution in [0.4, 0.5) is 5.69 Å². The van der Waals surface area contributed by atoms with Crippen molar-refractivity contribution < 1.29 is 27.5 Å². The second kappa shape index (κ2) is 9.18. The Balaban J connectivity index is 1.82. The fourth-order valence-corrected chi connectivity index (χ4v) is 3.67. The molecule has 0 spiro atoms. The minimum atomic E-state index is -3.24. The average molecular weight is 398 g/mol. The molecule has 1 aromatic carbocycles. The lowest BCUT2D eigenvalue weighted by Crippen LogP contribution is -2.41. The Morgan fingerprint density at radius 1 is 1.22 bits per heavy atom. The first-order valence-corrected chi connectivity index (χ1v) is 10.7. The maximum Gasteiger partial charge on any atom is 0.309 e. The maximum atomic E-state index is 12.3. The Hall–Kier alpha value is -2.13. The molecule has 1 aromatic rings. The normalized spacial score (nSPS) is 17.1. The molecule has 2 rings (SSSR count). The molecule has 1 fully saturated rings. The summed E-state index contributed by atoms with van der Waals surface area (Å²) in [5.74, 6) is -0.599. The minimum absolute atomic E-state index is 0.283. The van der Waals surface area contributed by atoms with Crippen LogP contribution < -0.4 is 10.1 Å². The van der Waals surface area contributed by atoms with Crippen LogP contribution in [0.25, 0.3) is 0 Å². The summed E-state index contributed by atoms with van der Waals surface area (Å²) >= 11 is 0. The molecule has 150 valence electrons. The zero-order chi connectivity index (χ0) is 20.0. The number of piperidine rings is 1. The van der Waals surface area contributed by atoms with E-state index in [-0.39, 0.29) is 13.1 Å². The molecule has 1 aliphatic heterocycles. The lowest BCUT2D eigenvalue weighted by Gasteiger charge is -2.29. The number of amides is 1. The number of carbonyl (C=O) groups excluding carboxylic acids is 2. The molecule has 1 amide bonds. The van der Waals surface area contributed by atoms with Crippen molar-refractivity contribution in [2.75, 3.05) is 31.3 Å². The third kappa shape index (κ3) is 6.21. The van der Waals surface area contributed by atoms with E-state index in [0.29, 0.717) is 30.9 Å². The minimum Gasteiger partial charge on any atom is -0.494 e. The highest BCUT2D eigenvalue weighted by molar-refractivity contribution is 7.88. The van der Waals surface area contributed by atoms with Gasteiger partial charge in [-0.3, -0.25) is 9.59 Å². The highest BCUT2D eigenvalue weighted by atomic mass is 32.2. The van der Waals surface area contributed by atoms with Crippen LogP contribution in [-0.2, 0) is 24.3 Å². The van der Waals surface area contributed by atoms with E-state index in [4.69, 9.17) is 9.47 Å². The van der Waals surface area contributed by atoms with Crippen LogP contribution in [0.5, 0.6) is 5.75 Å². The van der Waals surface area contributed by atoms with E-state index in [9.17, 15) is 18.0 Å². The number of hydrogen-bond acceptors (Lipinski definition) is 6. The second-order valence-corrected chi connectivity index (χ2v) is 8.44. The van der Waals surface area contributed by atoms with Gasteiger partial charge in [0.15, 0.2) is 6.10 Å². The number of benzene rings is 1. The van der Waals surface area contributed by atoms with Crippen LogP contribution in [0.2, 0.25) is 0 Å². The van der Waals surface area contributed by atoms with Crippen molar-refractivity contribution in [1.29, 1.82) is 0 Å². The van der Waals surface area contributed by atoms with Crippen molar-refractivity contribution >= 4 is 27.6 Å². The molecule has 1 saturated heterocycles. The van der Waals surface area contributed by atoms with Gasteiger partial charge in [0.05, 0.1) is 18.8 Å². The number of rotatable bonds is 7. The van der Waals surface area contributed by atoms with E-state index in [1.54, 1.807) is 24.3 Å². The number of sulfonamides is 1. The van der Waals surface area contributed by atoms with E-state index in [2.05, 4.69) is 5.32 Å². The topological polar surface area (TPSA) is 102 Å². The van der Waals surface area contributed by atoms with Gasteiger partial charge in [-0.05, 0) is 51.0 Å². The van der Waals surface area contributed by atoms with E-state index in [1.165, 1.54) is 11.2 Å². The molecule has 27 heavy (non-hydrogen) atoms. The lowest BCUT2D eigenvalue weighted by molar-refractivity contribution is -0.158. The lowest BCUT2D eigenvalue weighted by atomic mass is 9.98. The van der Waals surface area contributed by atoms with Gasteiger partial charge in [-0.25, -0.2) is 12.7 Å². The van der Waals surface area contributed by atoms with Gasteiger partial charge in [0.1, 0.15) is 5.75 Å². The van der Waals surface area contributed by atoms with E-state index < -0.39 is 33.9 Å². The molecule has 0 aliphatic carbocycles. The summed E-state index contributed by atoms with van der Waals surface area (Å²) < 4.78 is 35.0. The maximum absolute atomic E-state index is 12.3. The Morgan fingerprint density at radius 3 is 2.33 bits per heavy atom. The molecule has 1 unspecified atom stereocenters. The van der Waals surface area contributed by atoms with Crippen LogP contribution in [0.15, 0.2) is 24.3 Å². The van der Waals surface area contributed by atoms with Crippen LogP contribution in [0.1, 0.15) is 26.7 Å². The zero-order valence-electron chi connectivity index (χ0n) is 15.8. The quantitative estimate of drug-likeness (QED) is 0.701. The molecule has 0 saturated carbocycles. The van der Waals surface area contributed by atoms with Crippen LogP contribution in [0, 0.1) is 5.92 Å². The number of nitrogens with one attached hydrogen (secondary N) is 1. The average Bonchev–Trinajstić information content (AvgIpc) is 2.63. The van der Waals surface area contributed by atoms with Crippen LogP contribution in [0.3, 0.4) is 0 Å². The first-order chi connectivity index (χ1) is 12.7. The molecule has 8 nitrogen and oxygen atoms in total. The van der Waals surface area contributed by atoms with Crippen molar-refractivity contribution in [3.05, 3.63) is 24.3 Å². The number of carbonyl (C=O) groups is 2. The van der Waals surface area contributed by atoms with Gasteiger partial charge >= 0.3 is 5.97 Å². The third-order valence-electron chi connectivity index (χ3n) is 4.35. The first-order valence-electron chi connectivity index (χ1n) is 8.90. The predicted octanol–water partition coefficient (Wildman–Crippen LogP) is 1.63. The van der Waals surface area contributed by atoms with Crippen molar-refractivity contribution in [3.63, 3.8) is 0 Å². The van der Waals surface area contributed by atoms with Crippen molar-refractivity contribution in [2.45, 2.75) is 32.8 Å². The molecule has 0 aromatic heterocycles. The molecule has 0 radical (unpaired) electrons. The first kappa shape index (κ1) is 21.2. The van der Waals surface area contributed by atoms with Gasteiger partial charge in [0, 0.05) is 18.8 Å². The molecular formula is C18H26N2O6S. The molecular weight excluding hydrogens is 372 g/mol. The van der Waals surface area contributed by atoms with Gasteiger partial charge in [-0.2, -0.15) is 0 Å². The Bertz CT molecular complexity index is 755. The standard InChI is InChI=1S/C18H26N2O6S/c1-4-25-16-7-5-15(6-8-16)19-17(21)13(2)26-18(22)14-9-11-20(12-10-14)27(3,23)24/h5-8,13-14H,4,9-12H2,1-3H3,(H,19,21). The van der Waals surface area contributed by atoms with E-state index in [0.717, 1.165) is 6.26 Å². The van der Waals surface area contributed by atoms with Crippen molar-refractivity contribution in [3.8, 4) is 5.75 Å². The van der Waals surface area contributed by atoms with E-state index in [1.807, 2.05) is 6.92 Å². The van der Waals surface area contributed by atoms with Gasteiger partial charge in [-0.1, -0.05) is 0 Å². The summed E-state index contributed by atoms with van der Waals surface area (Å²) in [6.45, 7) is 4.52. The largest absolute Gasteiger partial charge is 0.494 e. The third-order valence-corrected chi connectivity index (χ3v) is 5.65. The van der Waals surface area contributed by atoms with Gasteiger partial charge < -0.3 is 14.8 Å². The van der Waals surface area contributed by atoms with Gasteiger partial charge in [-0.15, -0.1) is 0 Å². The summed E-state index contributed by atoms with van der Waals surface area (Å²) in [7, 11) is -3.24. The fraction of sp³-hybridized carbons (Fsp3) is 0.556. The zero-order valence-corrected chi connectivity index (χ0v) is 16.6.